The molecule has 5 atom stereocenters. The summed E-state index contributed by atoms with van der Waals surface area (Å²) in [4.78, 5) is 22.4. The second kappa shape index (κ2) is 5.24. The lowest BCUT2D eigenvalue weighted by Gasteiger charge is -2.27. The van der Waals surface area contributed by atoms with E-state index in [1.807, 2.05) is 0 Å². The fraction of sp³-hybridized carbons (Fsp3) is 0.833. The number of amides is 1. The van der Waals surface area contributed by atoms with Gasteiger partial charge in [-0.15, -0.1) is 0 Å². The molecular formula is C12H20N2O4. The Morgan fingerprint density at radius 1 is 1.33 bits per heavy atom. The number of aliphatic hydroxyl groups is 1. The Morgan fingerprint density at radius 3 is 2.56 bits per heavy atom. The molecule has 0 saturated heterocycles. The minimum Gasteiger partial charge on any atom is -0.479 e. The zero-order valence-electron chi connectivity index (χ0n) is 10.2. The Hall–Kier alpha value is -1.14. The molecule has 102 valence electrons. The summed E-state index contributed by atoms with van der Waals surface area (Å²) >= 11 is 0. The highest BCUT2D eigenvalue weighted by molar-refractivity contribution is 5.80. The quantitative estimate of drug-likeness (QED) is 0.520. The maximum Gasteiger partial charge on any atom is 0.332 e. The minimum absolute atomic E-state index is 0.0249. The van der Waals surface area contributed by atoms with E-state index in [2.05, 4.69) is 5.32 Å². The summed E-state index contributed by atoms with van der Waals surface area (Å²) in [6, 6.07) is -0.0619. The average Bonchev–Trinajstić information content (AvgIpc) is 2.88. The zero-order chi connectivity index (χ0) is 13.3. The molecule has 1 amide bonds. The van der Waals surface area contributed by atoms with Crippen molar-refractivity contribution in [2.24, 2.45) is 23.5 Å². The molecule has 0 aromatic heterocycles. The fourth-order valence-electron chi connectivity index (χ4n) is 3.30. The summed E-state index contributed by atoms with van der Waals surface area (Å²) < 4.78 is 0. The van der Waals surface area contributed by atoms with Gasteiger partial charge in [0.05, 0.1) is 5.92 Å². The highest BCUT2D eigenvalue weighted by Crippen LogP contribution is 2.47. The van der Waals surface area contributed by atoms with Crippen molar-refractivity contribution in [3.05, 3.63) is 0 Å². The van der Waals surface area contributed by atoms with E-state index in [9.17, 15) is 9.59 Å². The van der Waals surface area contributed by atoms with Gasteiger partial charge in [0, 0.05) is 19.0 Å². The largest absolute Gasteiger partial charge is 0.479 e. The highest BCUT2D eigenvalue weighted by atomic mass is 16.4. The number of rotatable bonds is 5. The van der Waals surface area contributed by atoms with Crippen molar-refractivity contribution in [3.63, 3.8) is 0 Å². The summed E-state index contributed by atoms with van der Waals surface area (Å²) in [6.07, 6.45) is 1.83. The molecule has 4 unspecified atom stereocenters. The lowest BCUT2D eigenvalue weighted by Crippen LogP contribution is -2.45. The van der Waals surface area contributed by atoms with Crippen LogP contribution in [0.4, 0.5) is 0 Å². The predicted molar refractivity (Wildman–Crippen MR) is 63.6 cm³/mol. The summed E-state index contributed by atoms with van der Waals surface area (Å²) in [6.45, 7) is 0.174. The van der Waals surface area contributed by atoms with Gasteiger partial charge in [0.2, 0.25) is 5.91 Å². The molecule has 2 rings (SSSR count). The number of carboxylic acid groups (broad SMARTS) is 1. The van der Waals surface area contributed by atoms with E-state index in [1.165, 1.54) is 0 Å². The monoisotopic (exact) mass is 256 g/mol. The second-order valence-electron chi connectivity index (χ2n) is 5.37. The minimum atomic E-state index is -1.42. The molecular weight excluding hydrogens is 236 g/mol. The standard InChI is InChI=1S/C12H20N2O4/c13-10-7-2-1-6(5-7)9(10)11(16)14-4-3-8(15)12(17)18/h6-10,15H,1-5,13H2,(H,14,16)(H,17,18)/t6?,7?,8-,9?,10?/m0/s1. The van der Waals surface area contributed by atoms with Gasteiger partial charge < -0.3 is 21.3 Å². The first-order chi connectivity index (χ1) is 8.50. The first kappa shape index (κ1) is 13.3. The maximum absolute atomic E-state index is 12.0. The lowest BCUT2D eigenvalue weighted by molar-refractivity contribution is -0.147. The highest BCUT2D eigenvalue weighted by Gasteiger charge is 2.48. The molecule has 0 radical (unpaired) electrons. The van der Waals surface area contributed by atoms with Gasteiger partial charge in [-0.05, 0) is 31.1 Å². The maximum atomic E-state index is 12.0. The van der Waals surface area contributed by atoms with E-state index in [0.29, 0.717) is 11.8 Å². The summed E-state index contributed by atoms with van der Waals surface area (Å²) in [7, 11) is 0. The number of carboxylic acids is 1. The zero-order valence-corrected chi connectivity index (χ0v) is 10.2. The van der Waals surface area contributed by atoms with E-state index >= 15 is 0 Å². The molecule has 0 heterocycles. The number of hydrogen-bond donors (Lipinski definition) is 4. The molecule has 0 spiro atoms. The summed E-state index contributed by atoms with van der Waals surface area (Å²) in [5.41, 5.74) is 6.04. The van der Waals surface area contributed by atoms with Crippen LogP contribution in [0, 0.1) is 17.8 Å². The molecule has 2 aliphatic carbocycles. The van der Waals surface area contributed by atoms with Gasteiger partial charge >= 0.3 is 5.97 Å². The third-order valence-electron chi connectivity index (χ3n) is 4.29. The number of nitrogens with two attached hydrogens (primary N) is 1. The van der Waals surface area contributed by atoms with Crippen molar-refractivity contribution in [1.29, 1.82) is 0 Å². The third kappa shape index (κ3) is 2.49. The number of aliphatic hydroxyl groups excluding tert-OH is 1. The number of aliphatic carboxylic acids is 1. The topological polar surface area (TPSA) is 113 Å². The van der Waals surface area contributed by atoms with E-state index in [-0.39, 0.29) is 30.8 Å². The van der Waals surface area contributed by atoms with Gasteiger partial charge in [-0.25, -0.2) is 4.79 Å². The van der Waals surface area contributed by atoms with Gasteiger partial charge in [0.15, 0.2) is 6.10 Å². The van der Waals surface area contributed by atoms with E-state index < -0.39 is 12.1 Å². The van der Waals surface area contributed by atoms with Crippen LogP contribution in [0.25, 0.3) is 0 Å². The number of hydrogen-bond acceptors (Lipinski definition) is 4. The molecule has 2 aliphatic rings. The van der Waals surface area contributed by atoms with Crippen molar-refractivity contribution in [3.8, 4) is 0 Å². The fourth-order valence-corrected chi connectivity index (χ4v) is 3.30. The lowest BCUT2D eigenvalue weighted by atomic mass is 9.84. The van der Waals surface area contributed by atoms with Crippen molar-refractivity contribution in [1.82, 2.24) is 5.32 Å². The Morgan fingerprint density at radius 2 is 2.00 bits per heavy atom. The van der Waals surface area contributed by atoms with Crippen LogP contribution in [0.2, 0.25) is 0 Å². The van der Waals surface area contributed by atoms with Crippen molar-refractivity contribution >= 4 is 11.9 Å². The molecule has 0 aromatic rings. The second-order valence-corrected chi connectivity index (χ2v) is 5.37. The smallest absolute Gasteiger partial charge is 0.332 e. The van der Waals surface area contributed by atoms with Crippen LogP contribution in [0.15, 0.2) is 0 Å². The molecule has 2 saturated carbocycles. The molecule has 2 fully saturated rings. The molecule has 0 aliphatic heterocycles. The number of carbonyl (C=O) groups excluding carboxylic acids is 1. The molecule has 6 nitrogen and oxygen atoms in total. The van der Waals surface area contributed by atoms with Crippen molar-refractivity contribution < 1.29 is 19.8 Å². The van der Waals surface area contributed by atoms with E-state index in [1.54, 1.807) is 0 Å². The number of carbonyl (C=O) groups is 2. The SMILES string of the molecule is NC1C2CCC(C2)C1C(=O)NCC[C@H](O)C(=O)O. The van der Waals surface area contributed by atoms with Crippen LogP contribution in [-0.4, -0.2) is 40.8 Å². The van der Waals surface area contributed by atoms with Gasteiger partial charge in [0.25, 0.3) is 0 Å². The van der Waals surface area contributed by atoms with E-state index in [0.717, 1.165) is 19.3 Å². The number of fused-ring (bicyclic) bond motifs is 2. The molecule has 5 N–H and O–H groups in total. The number of nitrogens with one attached hydrogen (secondary N) is 1. The predicted octanol–water partition coefficient (Wildman–Crippen LogP) is -0.688. The Balaban J connectivity index is 1.77. The Labute approximate surface area is 106 Å². The van der Waals surface area contributed by atoms with Crippen LogP contribution in [-0.2, 0) is 9.59 Å². The van der Waals surface area contributed by atoms with Crippen molar-refractivity contribution in [2.75, 3.05) is 6.54 Å². The van der Waals surface area contributed by atoms with Crippen LogP contribution in [0.3, 0.4) is 0 Å². The van der Waals surface area contributed by atoms with E-state index in [4.69, 9.17) is 15.9 Å². The third-order valence-corrected chi connectivity index (χ3v) is 4.29. The van der Waals surface area contributed by atoms with Gasteiger partial charge in [0.1, 0.15) is 0 Å². The first-order valence-corrected chi connectivity index (χ1v) is 6.45. The van der Waals surface area contributed by atoms with Gasteiger partial charge in [-0.3, -0.25) is 4.79 Å². The molecule has 0 aromatic carbocycles. The molecule has 18 heavy (non-hydrogen) atoms. The van der Waals surface area contributed by atoms with Crippen molar-refractivity contribution in [2.45, 2.75) is 37.8 Å². The van der Waals surface area contributed by atoms with Gasteiger partial charge in [-0.1, -0.05) is 0 Å². The van der Waals surface area contributed by atoms with Crippen LogP contribution in [0.5, 0.6) is 0 Å². The normalized spacial score (nSPS) is 35.4. The summed E-state index contributed by atoms with van der Waals surface area (Å²) in [5, 5.41) is 20.3. The van der Waals surface area contributed by atoms with Gasteiger partial charge in [-0.2, -0.15) is 0 Å². The first-order valence-electron chi connectivity index (χ1n) is 6.45. The van der Waals surface area contributed by atoms with Crippen LogP contribution >= 0.6 is 0 Å². The van der Waals surface area contributed by atoms with Crippen LogP contribution in [0.1, 0.15) is 25.7 Å². The summed E-state index contributed by atoms with van der Waals surface area (Å²) in [5.74, 6) is -0.636. The molecule has 2 bridgehead atoms. The Kier molecular flexibility index (Phi) is 3.87. The van der Waals surface area contributed by atoms with Crippen LogP contribution < -0.4 is 11.1 Å². The Bertz CT molecular complexity index is 345. The molecule has 6 heteroatoms. The average molecular weight is 256 g/mol.